The zero-order valence-electron chi connectivity index (χ0n) is 14.9. The lowest BCUT2D eigenvalue weighted by molar-refractivity contribution is -0.275. The van der Waals surface area contributed by atoms with Crippen molar-refractivity contribution in [3.05, 3.63) is 72.3 Å². The Morgan fingerprint density at radius 1 is 1.03 bits per heavy atom. The van der Waals surface area contributed by atoms with Crippen LogP contribution in [-0.2, 0) is 0 Å². The molecule has 1 atom stereocenters. The standard InChI is InChI=1S/C19H16F4N4O.ClH/c20-14-8-13(6-7-17(14)28-19(21,22)23)16-9-18(27-11-26-16)25-10-15(24)12-4-2-1-3-5-12;/h1-9,11,15H,10,24H2,(H,25,26,27);1H/t15-;/m0./s1. The molecule has 3 N–H and O–H groups in total. The SMILES string of the molecule is Cl.N[C@@H](CNc1cc(-c2ccc(OC(F)(F)F)c(F)c2)ncn1)c1ccccc1. The summed E-state index contributed by atoms with van der Waals surface area (Å²) in [5.41, 5.74) is 7.69. The van der Waals surface area contributed by atoms with Gasteiger partial charge in [0, 0.05) is 24.2 Å². The lowest BCUT2D eigenvalue weighted by atomic mass is 10.1. The summed E-state index contributed by atoms with van der Waals surface area (Å²) in [5.74, 6) is -1.60. The molecular weight excluding hydrogens is 412 g/mol. The molecule has 154 valence electrons. The first-order chi connectivity index (χ1) is 13.3. The maximum absolute atomic E-state index is 13.9. The number of hydrogen-bond donors (Lipinski definition) is 2. The number of halogens is 5. The van der Waals surface area contributed by atoms with Crippen LogP contribution in [0.2, 0.25) is 0 Å². The summed E-state index contributed by atoms with van der Waals surface area (Å²) in [4.78, 5) is 8.10. The maximum atomic E-state index is 13.9. The molecule has 29 heavy (non-hydrogen) atoms. The van der Waals surface area contributed by atoms with Gasteiger partial charge in [0.2, 0.25) is 0 Å². The fraction of sp³-hybridized carbons (Fsp3) is 0.158. The average Bonchev–Trinajstić information content (AvgIpc) is 2.67. The molecule has 0 aliphatic rings. The molecule has 0 amide bonds. The highest BCUT2D eigenvalue weighted by Gasteiger charge is 2.32. The van der Waals surface area contributed by atoms with E-state index >= 15 is 0 Å². The van der Waals surface area contributed by atoms with E-state index in [1.807, 2.05) is 30.3 Å². The highest BCUT2D eigenvalue weighted by atomic mass is 35.5. The predicted molar refractivity (Wildman–Crippen MR) is 103 cm³/mol. The summed E-state index contributed by atoms with van der Waals surface area (Å²) < 4.78 is 54.3. The van der Waals surface area contributed by atoms with Crippen molar-refractivity contribution in [1.82, 2.24) is 9.97 Å². The molecule has 1 aromatic heterocycles. The molecule has 0 aliphatic carbocycles. The number of nitrogens with two attached hydrogens (primary N) is 1. The van der Waals surface area contributed by atoms with E-state index in [2.05, 4.69) is 20.0 Å². The molecule has 0 spiro atoms. The molecule has 3 aromatic rings. The van der Waals surface area contributed by atoms with Gasteiger partial charge in [0.1, 0.15) is 12.1 Å². The van der Waals surface area contributed by atoms with E-state index in [4.69, 9.17) is 5.73 Å². The van der Waals surface area contributed by atoms with E-state index in [1.165, 1.54) is 12.4 Å². The summed E-state index contributed by atoms with van der Waals surface area (Å²) in [5, 5.41) is 3.07. The van der Waals surface area contributed by atoms with Crippen molar-refractivity contribution in [3.63, 3.8) is 0 Å². The number of hydrogen-bond acceptors (Lipinski definition) is 5. The van der Waals surface area contributed by atoms with Crippen molar-refractivity contribution >= 4 is 18.2 Å². The van der Waals surface area contributed by atoms with Crippen LogP contribution in [0.15, 0.2) is 60.9 Å². The van der Waals surface area contributed by atoms with Gasteiger partial charge in [0.25, 0.3) is 0 Å². The molecule has 10 heteroatoms. The van der Waals surface area contributed by atoms with Gasteiger partial charge in [0.05, 0.1) is 5.69 Å². The predicted octanol–water partition coefficient (Wildman–Crippen LogP) is 4.72. The minimum atomic E-state index is -4.97. The second kappa shape index (κ2) is 9.53. The molecule has 0 saturated carbocycles. The van der Waals surface area contributed by atoms with Gasteiger partial charge in [-0.05, 0) is 23.8 Å². The number of nitrogens with zero attached hydrogens (tertiary/aromatic N) is 2. The van der Waals surface area contributed by atoms with Gasteiger partial charge >= 0.3 is 6.36 Å². The van der Waals surface area contributed by atoms with Crippen LogP contribution in [0.5, 0.6) is 5.75 Å². The zero-order chi connectivity index (χ0) is 20.1. The van der Waals surface area contributed by atoms with Gasteiger partial charge in [-0.15, -0.1) is 25.6 Å². The fourth-order valence-corrected chi connectivity index (χ4v) is 2.51. The van der Waals surface area contributed by atoms with Gasteiger partial charge in [-0.1, -0.05) is 30.3 Å². The lowest BCUT2D eigenvalue weighted by Crippen LogP contribution is -2.21. The van der Waals surface area contributed by atoms with Crippen LogP contribution in [0.3, 0.4) is 0 Å². The maximum Gasteiger partial charge on any atom is 0.573 e. The number of nitrogens with one attached hydrogen (secondary N) is 1. The third kappa shape index (κ3) is 6.30. The van der Waals surface area contributed by atoms with Crippen LogP contribution in [0.4, 0.5) is 23.4 Å². The molecule has 0 saturated heterocycles. The molecule has 2 aromatic carbocycles. The lowest BCUT2D eigenvalue weighted by Gasteiger charge is -2.14. The van der Waals surface area contributed by atoms with Crippen molar-refractivity contribution < 1.29 is 22.3 Å². The van der Waals surface area contributed by atoms with E-state index in [1.54, 1.807) is 6.07 Å². The van der Waals surface area contributed by atoms with E-state index in [0.29, 0.717) is 18.1 Å². The fourth-order valence-electron chi connectivity index (χ4n) is 2.51. The van der Waals surface area contributed by atoms with Gasteiger partial charge in [-0.3, -0.25) is 0 Å². The Hall–Kier alpha value is -2.91. The Bertz CT molecular complexity index is 941. The Labute approximate surface area is 170 Å². The number of anilines is 1. The third-order valence-corrected chi connectivity index (χ3v) is 3.85. The molecule has 1 heterocycles. The number of aromatic nitrogens is 2. The Morgan fingerprint density at radius 2 is 1.76 bits per heavy atom. The first kappa shape index (κ1) is 22.4. The van der Waals surface area contributed by atoms with Crippen LogP contribution >= 0.6 is 12.4 Å². The van der Waals surface area contributed by atoms with Crippen molar-refractivity contribution in [1.29, 1.82) is 0 Å². The Balaban J connectivity index is 0.00000300. The molecule has 0 bridgehead atoms. The minimum absolute atomic E-state index is 0. The summed E-state index contributed by atoms with van der Waals surface area (Å²) >= 11 is 0. The molecule has 0 fully saturated rings. The van der Waals surface area contributed by atoms with Crippen molar-refractivity contribution in [3.8, 4) is 17.0 Å². The van der Waals surface area contributed by atoms with E-state index in [0.717, 1.165) is 17.7 Å². The Morgan fingerprint density at radius 3 is 2.41 bits per heavy atom. The van der Waals surface area contributed by atoms with Gasteiger partial charge in [-0.2, -0.15) is 0 Å². The highest BCUT2D eigenvalue weighted by Crippen LogP contribution is 2.29. The van der Waals surface area contributed by atoms with Gasteiger partial charge in [0.15, 0.2) is 11.6 Å². The first-order valence-electron chi connectivity index (χ1n) is 8.24. The Kier molecular flexibility index (Phi) is 7.35. The zero-order valence-corrected chi connectivity index (χ0v) is 15.7. The van der Waals surface area contributed by atoms with Crippen LogP contribution in [0.25, 0.3) is 11.3 Å². The molecule has 0 radical (unpaired) electrons. The van der Waals surface area contributed by atoms with E-state index in [9.17, 15) is 17.6 Å². The first-order valence-corrected chi connectivity index (χ1v) is 8.24. The van der Waals surface area contributed by atoms with E-state index in [-0.39, 0.29) is 24.0 Å². The number of alkyl halides is 3. The summed E-state index contributed by atoms with van der Waals surface area (Å²) in [6, 6.07) is 13.9. The summed E-state index contributed by atoms with van der Waals surface area (Å²) in [6.45, 7) is 0.396. The van der Waals surface area contributed by atoms with E-state index < -0.39 is 17.9 Å². The van der Waals surface area contributed by atoms with Gasteiger partial charge < -0.3 is 15.8 Å². The van der Waals surface area contributed by atoms with Crippen LogP contribution in [0.1, 0.15) is 11.6 Å². The monoisotopic (exact) mass is 428 g/mol. The largest absolute Gasteiger partial charge is 0.573 e. The van der Waals surface area contributed by atoms with Crippen molar-refractivity contribution in [2.24, 2.45) is 5.73 Å². The molecule has 0 unspecified atom stereocenters. The second-order valence-corrected chi connectivity index (χ2v) is 5.88. The summed E-state index contributed by atoms with van der Waals surface area (Å²) in [7, 11) is 0. The smallest absolute Gasteiger partial charge is 0.403 e. The van der Waals surface area contributed by atoms with Crippen LogP contribution in [-0.4, -0.2) is 22.9 Å². The number of ether oxygens (including phenoxy) is 1. The minimum Gasteiger partial charge on any atom is -0.403 e. The normalized spacial score (nSPS) is 12.0. The van der Waals surface area contributed by atoms with Crippen LogP contribution < -0.4 is 15.8 Å². The van der Waals surface area contributed by atoms with Gasteiger partial charge in [-0.25, -0.2) is 14.4 Å². The molecular formula is C19H17ClF4N4O. The molecule has 3 rings (SSSR count). The molecule has 0 aliphatic heterocycles. The third-order valence-electron chi connectivity index (χ3n) is 3.85. The van der Waals surface area contributed by atoms with Crippen molar-refractivity contribution in [2.75, 3.05) is 11.9 Å². The quantitative estimate of drug-likeness (QED) is 0.556. The topological polar surface area (TPSA) is 73.1 Å². The van der Waals surface area contributed by atoms with Crippen LogP contribution in [0, 0.1) is 5.82 Å². The second-order valence-electron chi connectivity index (χ2n) is 5.88. The summed E-state index contributed by atoms with van der Waals surface area (Å²) in [6.07, 6.45) is -3.70. The average molecular weight is 429 g/mol. The number of benzene rings is 2. The van der Waals surface area contributed by atoms with Crippen molar-refractivity contribution in [2.45, 2.75) is 12.4 Å². The number of rotatable bonds is 6. The molecule has 5 nitrogen and oxygen atoms in total. The highest BCUT2D eigenvalue weighted by molar-refractivity contribution is 5.85.